The molecule has 0 aromatic carbocycles. The van der Waals surface area contributed by atoms with E-state index >= 15 is 0 Å². The summed E-state index contributed by atoms with van der Waals surface area (Å²) in [6.07, 6.45) is 4.14. The van der Waals surface area contributed by atoms with Crippen molar-refractivity contribution in [2.75, 3.05) is 18.9 Å². The van der Waals surface area contributed by atoms with E-state index in [0.29, 0.717) is 11.9 Å². The molecule has 5 heteroatoms. The molecule has 1 unspecified atom stereocenters. The Morgan fingerprint density at radius 1 is 1.35 bits per heavy atom. The molecule has 0 aromatic rings. The molecule has 1 rings (SSSR count). The Labute approximate surface area is 107 Å². The highest BCUT2D eigenvalue weighted by atomic mass is 32.2. The molecule has 98 valence electrons. The van der Waals surface area contributed by atoms with Crippen molar-refractivity contribution in [3.63, 3.8) is 0 Å². The van der Waals surface area contributed by atoms with Crippen molar-refractivity contribution in [3.8, 4) is 0 Å². The van der Waals surface area contributed by atoms with E-state index in [4.69, 9.17) is 4.74 Å². The summed E-state index contributed by atoms with van der Waals surface area (Å²) in [7, 11) is 0. The Kier molecular flexibility index (Phi) is 7.08. The van der Waals surface area contributed by atoms with Crippen LogP contribution >= 0.6 is 11.8 Å². The van der Waals surface area contributed by atoms with Gasteiger partial charge in [-0.1, -0.05) is 6.42 Å². The first kappa shape index (κ1) is 14.4. The van der Waals surface area contributed by atoms with Crippen LogP contribution in [-0.2, 0) is 14.3 Å². The van der Waals surface area contributed by atoms with Crippen LogP contribution in [0.15, 0.2) is 0 Å². The Balaban J connectivity index is 2.06. The standard InChI is InChI=1S/C12H21NO3S/c1-2-16-12(15)7-6-11(14)13-9-10-5-3-4-8-17-10/h10H,2-9H2,1H3,(H,13,14). The average Bonchev–Trinajstić information content (AvgIpc) is 2.35. The Morgan fingerprint density at radius 3 is 2.82 bits per heavy atom. The van der Waals surface area contributed by atoms with Gasteiger partial charge in [0, 0.05) is 18.2 Å². The summed E-state index contributed by atoms with van der Waals surface area (Å²) < 4.78 is 4.76. The molecule has 1 N–H and O–H groups in total. The van der Waals surface area contributed by atoms with E-state index < -0.39 is 0 Å². The average molecular weight is 259 g/mol. The summed E-state index contributed by atoms with van der Waals surface area (Å²) in [6.45, 7) is 2.86. The van der Waals surface area contributed by atoms with E-state index in [0.717, 1.165) is 6.54 Å². The van der Waals surface area contributed by atoms with Gasteiger partial charge in [0.15, 0.2) is 0 Å². The molecule has 4 nitrogen and oxygen atoms in total. The quantitative estimate of drug-likeness (QED) is 0.738. The number of carbonyl (C=O) groups excluding carboxylic acids is 2. The molecular weight excluding hydrogens is 238 g/mol. The van der Waals surface area contributed by atoms with E-state index in [1.54, 1.807) is 6.92 Å². The maximum Gasteiger partial charge on any atom is 0.306 e. The van der Waals surface area contributed by atoms with E-state index in [9.17, 15) is 9.59 Å². The third-order valence-electron chi connectivity index (χ3n) is 2.66. The van der Waals surface area contributed by atoms with Crippen molar-refractivity contribution >= 4 is 23.6 Å². The van der Waals surface area contributed by atoms with E-state index in [1.807, 2.05) is 11.8 Å². The van der Waals surface area contributed by atoms with Gasteiger partial charge in [-0.05, 0) is 25.5 Å². The van der Waals surface area contributed by atoms with Gasteiger partial charge in [0.1, 0.15) is 0 Å². The fourth-order valence-electron chi connectivity index (χ4n) is 1.73. The molecule has 0 aliphatic carbocycles. The third-order valence-corrected chi connectivity index (χ3v) is 4.06. The molecule has 1 saturated heterocycles. The van der Waals surface area contributed by atoms with Crippen molar-refractivity contribution in [3.05, 3.63) is 0 Å². The van der Waals surface area contributed by atoms with Crippen molar-refractivity contribution in [2.45, 2.75) is 44.3 Å². The van der Waals surface area contributed by atoms with Crippen LogP contribution in [-0.4, -0.2) is 36.0 Å². The van der Waals surface area contributed by atoms with Crippen LogP contribution in [0.3, 0.4) is 0 Å². The van der Waals surface area contributed by atoms with Gasteiger partial charge in [0.25, 0.3) is 0 Å². The smallest absolute Gasteiger partial charge is 0.306 e. The Bertz CT molecular complexity index is 252. The maximum atomic E-state index is 11.5. The second kappa shape index (κ2) is 8.39. The van der Waals surface area contributed by atoms with Gasteiger partial charge in [0.05, 0.1) is 13.0 Å². The molecule has 0 bridgehead atoms. The lowest BCUT2D eigenvalue weighted by Gasteiger charge is -2.21. The summed E-state index contributed by atoms with van der Waals surface area (Å²) in [5.41, 5.74) is 0. The van der Waals surface area contributed by atoms with Crippen molar-refractivity contribution in [2.24, 2.45) is 0 Å². The molecule has 1 aliphatic rings. The molecule has 1 heterocycles. The third kappa shape index (κ3) is 6.56. The first-order chi connectivity index (χ1) is 8.22. The predicted molar refractivity (Wildman–Crippen MR) is 69.0 cm³/mol. The van der Waals surface area contributed by atoms with Crippen molar-refractivity contribution in [1.82, 2.24) is 5.32 Å². The number of hydrogen-bond donors (Lipinski definition) is 1. The number of carbonyl (C=O) groups is 2. The molecule has 0 aromatic heterocycles. The van der Waals surface area contributed by atoms with E-state index in [-0.39, 0.29) is 24.7 Å². The minimum atomic E-state index is -0.297. The van der Waals surface area contributed by atoms with Crippen LogP contribution in [0.2, 0.25) is 0 Å². The number of rotatable bonds is 6. The molecule has 0 saturated carbocycles. The van der Waals surface area contributed by atoms with Gasteiger partial charge < -0.3 is 10.1 Å². The highest BCUT2D eigenvalue weighted by Gasteiger charge is 2.15. The van der Waals surface area contributed by atoms with E-state index in [2.05, 4.69) is 5.32 Å². The first-order valence-electron chi connectivity index (χ1n) is 6.26. The van der Waals surface area contributed by atoms with Crippen molar-refractivity contribution in [1.29, 1.82) is 0 Å². The summed E-state index contributed by atoms with van der Waals surface area (Å²) in [6, 6.07) is 0. The summed E-state index contributed by atoms with van der Waals surface area (Å²) >= 11 is 1.93. The highest BCUT2D eigenvalue weighted by molar-refractivity contribution is 7.99. The van der Waals surface area contributed by atoms with Gasteiger partial charge in [-0.25, -0.2) is 0 Å². The fourth-order valence-corrected chi connectivity index (χ4v) is 2.97. The zero-order chi connectivity index (χ0) is 12.5. The van der Waals surface area contributed by atoms with Gasteiger partial charge in [-0.15, -0.1) is 0 Å². The molecule has 0 spiro atoms. The molecule has 1 fully saturated rings. The zero-order valence-corrected chi connectivity index (χ0v) is 11.2. The second-order valence-electron chi connectivity index (χ2n) is 4.10. The van der Waals surface area contributed by atoms with Crippen LogP contribution in [0.25, 0.3) is 0 Å². The number of esters is 1. The van der Waals surface area contributed by atoms with Crippen LogP contribution < -0.4 is 5.32 Å². The lowest BCUT2D eigenvalue weighted by Crippen LogP contribution is -2.32. The monoisotopic (exact) mass is 259 g/mol. The van der Waals surface area contributed by atoms with Gasteiger partial charge in [-0.2, -0.15) is 11.8 Å². The number of thioether (sulfide) groups is 1. The first-order valence-corrected chi connectivity index (χ1v) is 7.31. The number of hydrogen-bond acceptors (Lipinski definition) is 4. The topological polar surface area (TPSA) is 55.4 Å². The lowest BCUT2D eigenvalue weighted by molar-refractivity contribution is -0.144. The minimum Gasteiger partial charge on any atom is -0.466 e. The van der Waals surface area contributed by atoms with Crippen LogP contribution in [0.5, 0.6) is 0 Å². The lowest BCUT2D eigenvalue weighted by atomic mass is 10.2. The van der Waals surface area contributed by atoms with Crippen LogP contribution in [0.4, 0.5) is 0 Å². The summed E-state index contributed by atoms with van der Waals surface area (Å²) in [5, 5.41) is 3.43. The van der Waals surface area contributed by atoms with Gasteiger partial charge in [-0.3, -0.25) is 9.59 Å². The number of amides is 1. The molecule has 17 heavy (non-hydrogen) atoms. The Morgan fingerprint density at radius 2 is 2.18 bits per heavy atom. The Hall–Kier alpha value is -0.710. The van der Waals surface area contributed by atoms with Crippen molar-refractivity contribution < 1.29 is 14.3 Å². The molecule has 1 amide bonds. The minimum absolute atomic E-state index is 0.0516. The molecule has 1 aliphatic heterocycles. The van der Waals surface area contributed by atoms with Gasteiger partial charge in [0.2, 0.25) is 5.91 Å². The molecular formula is C12H21NO3S. The fraction of sp³-hybridized carbons (Fsp3) is 0.833. The molecule has 0 radical (unpaired) electrons. The maximum absolute atomic E-state index is 11.5. The van der Waals surface area contributed by atoms with Crippen LogP contribution in [0.1, 0.15) is 39.0 Å². The number of nitrogens with one attached hydrogen (secondary N) is 1. The normalized spacial score (nSPS) is 19.7. The number of ether oxygens (including phenoxy) is 1. The molecule has 1 atom stereocenters. The zero-order valence-electron chi connectivity index (χ0n) is 10.4. The highest BCUT2D eigenvalue weighted by Crippen LogP contribution is 2.24. The summed E-state index contributed by atoms with van der Waals surface area (Å²) in [5.74, 6) is 0.850. The van der Waals surface area contributed by atoms with Crippen LogP contribution in [0, 0.1) is 0 Å². The van der Waals surface area contributed by atoms with Gasteiger partial charge >= 0.3 is 5.97 Å². The van der Waals surface area contributed by atoms with E-state index in [1.165, 1.54) is 25.0 Å². The second-order valence-corrected chi connectivity index (χ2v) is 5.51. The largest absolute Gasteiger partial charge is 0.466 e. The predicted octanol–water partition coefficient (Wildman–Crippen LogP) is 1.73. The summed E-state index contributed by atoms with van der Waals surface area (Å²) in [4.78, 5) is 22.5. The SMILES string of the molecule is CCOC(=O)CCC(=O)NCC1CCCCS1.